The van der Waals surface area contributed by atoms with E-state index in [2.05, 4.69) is 9.71 Å². The number of aryl methyl sites for hydroxylation is 2. The van der Waals surface area contributed by atoms with Gasteiger partial charge in [-0.15, -0.1) is 0 Å². The van der Waals surface area contributed by atoms with E-state index in [-0.39, 0.29) is 23.3 Å². The predicted molar refractivity (Wildman–Crippen MR) is 132 cm³/mol. The Balaban J connectivity index is 1.79. The molecule has 6 nitrogen and oxygen atoms in total. The second-order valence-corrected chi connectivity index (χ2v) is 11.2. The van der Waals surface area contributed by atoms with E-state index >= 15 is 0 Å². The molecule has 0 fully saturated rings. The third-order valence-corrected chi connectivity index (χ3v) is 7.13. The van der Waals surface area contributed by atoms with Crippen molar-refractivity contribution in [3.05, 3.63) is 87.3 Å². The lowest BCUT2D eigenvalue weighted by molar-refractivity contribution is 0.413. The zero-order valence-electron chi connectivity index (χ0n) is 19.9. The lowest BCUT2D eigenvalue weighted by Crippen LogP contribution is -2.45. The number of hydrogen-bond donors (Lipinski definition) is 1. The van der Waals surface area contributed by atoms with Gasteiger partial charge in [0, 0.05) is 29.1 Å². The van der Waals surface area contributed by atoms with Crippen molar-refractivity contribution in [1.82, 2.24) is 14.3 Å². The highest BCUT2D eigenvalue weighted by atomic mass is 32.2. The summed E-state index contributed by atoms with van der Waals surface area (Å²) in [6.07, 6.45) is 4.22. The van der Waals surface area contributed by atoms with Crippen molar-refractivity contribution in [3.63, 3.8) is 0 Å². The number of sulfonamides is 1. The fourth-order valence-corrected chi connectivity index (χ4v) is 5.62. The largest absolute Gasteiger partial charge is 0.296 e. The van der Waals surface area contributed by atoms with Crippen LogP contribution in [0.4, 0.5) is 4.39 Å². The molecule has 0 bridgehead atoms. The topological polar surface area (TPSA) is 81.1 Å². The maximum absolute atomic E-state index is 14.5. The fraction of sp³-hybridized carbons (Fsp3) is 0.385. The third kappa shape index (κ3) is 5.13. The molecule has 1 heterocycles. The Morgan fingerprint density at radius 2 is 1.97 bits per heavy atom. The molecule has 1 aliphatic rings. The second kappa shape index (κ2) is 9.43. The molecular formula is C26H30FN3O3S. The number of benzene rings is 2. The molecule has 8 heteroatoms. The standard InChI is InChI=1S/C26H30FN3O3S/c1-16(2)30-15-28-24-11-10-23(29-34(4,32)33)21(25(24)26(30)31)14-18-6-5-7-19(13-18)20-12-17(3)8-9-22(20)27/h5-9,12-13,15-16,21,23,29H,10-11,14H2,1-4H3/t21-,23-/m0/s1. The monoisotopic (exact) mass is 483 g/mol. The molecule has 2 aromatic carbocycles. The lowest BCUT2D eigenvalue weighted by Gasteiger charge is -2.33. The summed E-state index contributed by atoms with van der Waals surface area (Å²) in [5.41, 5.74) is 4.27. The van der Waals surface area contributed by atoms with E-state index in [4.69, 9.17) is 0 Å². The van der Waals surface area contributed by atoms with E-state index in [9.17, 15) is 17.6 Å². The Hall–Kier alpha value is -2.84. The molecule has 3 aromatic rings. The average molecular weight is 484 g/mol. The minimum Gasteiger partial charge on any atom is -0.296 e. The van der Waals surface area contributed by atoms with Crippen LogP contribution in [0, 0.1) is 12.7 Å². The lowest BCUT2D eigenvalue weighted by atomic mass is 9.78. The Morgan fingerprint density at radius 1 is 1.21 bits per heavy atom. The highest BCUT2D eigenvalue weighted by molar-refractivity contribution is 7.88. The molecule has 1 aliphatic carbocycles. The number of hydrogen-bond acceptors (Lipinski definition) is 4. The number of fused-ring (bicyclic) bond motifs is 1. The van der Waals surface area contributed by atoms with Gasteiger partial charge in [-0.1, -0.05) is 35.9 Å². The van der Waals surface area contributed by atoms with Gasteiger partial charge in [-0.25, -0.2) is 22.5 Å². The summed E-state index contributed by atoms with van der Waals surface area (Å²) >= 11 is 0. The van der Waals surface area contributed by atoms with Crippen molar-refractivity contribution in [3.8, 4) is 11.1 Å². The Kier molecular flexibility index (Phi) is 6.73. The van der Waals surface area contributed by atoms with Crippen molar-refractivity contribution < 1.29 is 12.8 Å². The first kappa shape index (κ1) is 24.3. The van der Waals surface area contributed by atoms with Crippen molar-refractivity contribution in [1.29, 1.82) is 0 Å². The first-order valence-electron chi connectivity index (χ1n) is 11.5. The molecule has 0 radical (unpaired) electrons. The maximum atomic E-state index is 14.5. The minimum atomic E-state index is -3.48. The SMILES string of the molecule is Cc1ccc(F)c(-c2cccc(C[C@@H]3c4c(ncn(C(C)C)c4=O)CC[C@@H]3NS(C)(=O)=O)c2)c1. The van der Waals surface area contributed by atoms with Crippen molar-refractivity contribution in [2.24, 2.45) is 0 Å². The normalized spacial score (nSPS) is 18.2. The van der Waals surface area contributed by atoms with Crippen molar-refractivity contribution in [2.45, 2.75) is 58.0 Å². The molecule has 0 spiro atoms. The van der Waals surface area contributed by atoms with E-state index < -0.39 is 16.1 Å². The molecule has 1 N–H and O–H groups in total. The van der Waals surface area contributed by atoms with E-state index in [1.807, 2.05) is 51.1 Å². The van der Waals surface area contributed by atoms with Gasteiger partial charge < -0.3 is 0 Å². The highest BCUT2D eigenvalue weighted by Crippen LogP contribution is 2.33. The van der Waals surface area contributed by atoms with E-state index in [0.717, 1.165) is 28.6 Å². The van der Waals surface area contributed by atoms with Crippen LogP contribution in [0.15, 0.2) is 53.6 Å². The van der Waals surface area contributed by atoms with Gasteiger partial charge in [-0.05, 0) is 63.3 Å². The molecule has 180 valence electrons. The average Bonchev–Trinajstić information content (AvgIpc) is 2.76. The zero-order chi connectivity index (χ0) is 24.6. The molecule has 1 aromatic heterocycles. The smallest absolute Gasteiger partial charge is 0.257 e. The van der Waals surface area contributed by atoms with Gasteiger partial charge in [0.1, 0.15) is 5.82 Å². The maximum Gasteiger partial charge on any atom is 0.257 e. The van der Waals surface area contributed by atoms with Gasteiger partial charge in [0.25, 0.3) is 5.56 Å². The molecule has 0 aliphatic heterocycles. The van der Waals surface area contributed by atoms with E-state index in [1.165, 1.54) is 6.07 Å². The molecular weight excluding hydrogens is 453 g/mol. The zero-order valence-corrected chi connectivity index (χ0v) is 20.7. The van der Waals surface area contributed by atoms with E-state index in [1.54, 1.807) is 17.0 Å². The van der Waals surface area contributed by atoms with Crippen molar-refractivity contribution in [2.75, 3.05) is 6.26 Å². The van der Waals surface area contributed by atoms with Crippen LogP contribution in [0.25, 0.3) is 11.1 Å². The van der Waals surface area contributed by atoms with Gasteiger partial charge in [0.15, 0.2) is 0 Å². The number of halogens is 1. The summed E-state index contributed by atoms with van der Waals surface area (Å²) < 4.78 is 43.1. The summed E-state index contributed by atoms with van der Waals surface area (Å²) in [4.78, 5) is 18.0. The summed E-state index contributed by atoms with van der Waals surface area (Å²) in [6, 6.07) is 12.1. The first-order valence-corrected chi connectivity index (χ1v) is 13.4. The number of nitrogens with one attached hydrogen (secondary N) is 1. The first-order chi connectivity index (χ1) is 16.0. The third-order valence-electron chi connectivity index (χ3n) is 6.40. The Morgan fingerprint density at radius 3 is 2.68 bits per heavy atom. The number of rotatable bonds is 6. The number of aromatic nitrogens is 2. The summed E-state index contributed by atoms with van der Waals surface area (Å²) in [5.74, 6) is -0.686. The van der Waals surface area contributed by atoms with Crippen LogP contribution >= 0.6 is 0 Å². The van der Waals surface area contributed by atoms with Crippen LogP contribution in [-0.2, 0) is 22.9 Å². The summed E-state index contributed by atoms with van der Waals surface area (Å²) in [7, 11) is -3.48. The Labute approximate surface area is 199 Å². The molecule has 0 saturated heterocycles. The van der Waals surface area contributed by atoms with Crippen LogP contribution < -0.4 is 10.3 Å². The van der Waals surface area contributed by atoms with Crippen LogP contribution in [0.2, 0.25) is 0 Å². The van der Waals surface area contributed by atoms with Gasteiger partial charge in [-0.3, -0.25) is 9.36 Å². The molecule has 4 rings (SSSR count). The van der Waals surface area contributed by atoms with Gasteiger partial charge >= 0.3 is 0 Å². The summed E-state index contributed by atoms with van der Waals surface area (Å²) in [5, 5.41) is 0. The van der Waals surface area contributed by atoms with Gasteiger partial charge in [0.05, 0.1) is 18.3 Å². The van der Waals surface area contributed by atoms with Crippen LogP contribution in [0.5, 0.6) is 0 Å². The quantitative estimate of drug-likeness (QED) is 0.572. The molecule has 0 amide bonds. The van der Waals surface area contributed by atoms with Crippen LogP contribution in [0.1, 0.15) is 54.6 Å². The molecule has 0 unspecified atom stereocenters. The molecule has 0 saturated carbocycles. The molecule has 34 heavy (non-hydrogen) atoms. The second-order valence-electron chi connectivity index (χ2n) is 9.44. The van der Waals surface area contributed by atoms with Crippen molar-refractivity contribution >= 4 is 10.0 Å². The van der Waals surface area contributed by atoms with Gasteiger partial charge in [0.2, 0.25) is 10.0 Å². The van der Waals surface area contributed by atoms with E-state index in [0.29, 0.717) is 30.4 Å². The summed E-state index contributed by atoms with van der Waals surface area (Å²) in [6.45, 7) is 5.75. The highest BCUT2D eigenvalue weighted by Gasteiger charge is 2.35. The minimum absolute atomic E-state index is 0.0678. The number of nitrogens with zero attached hydrogens (tertiary/aromatic N) is 2. The van der Waals surface area contributed by atoms with Gasteiger partial charge in [-0.2, -0.15) is 0 Å². The molecule has 2 atom stereocenters. The van der Waals surface area contributed by atoms with Crippen LogP contribution in [0.3, 0.4) is 0 Å². The van der Waals surface area contributed by atoms with Crippen LogP contribution in [-0.4, -0.2) is 30.3 Å². The fourth-order valence-electron chi connectivity index (χ4n) is 4.79. The Bertz CT molecular complexity index is 1380. The predicted octanol–water partition coefficient (Wildman–Crippen LogP) is 4.13.